The van der Waals surface area contributed by atoms with Crippen molar-refractivity contribution in [3.63, 3.8) is 0 Å². The molecule has 1 aromatic heterocycles. The molecule has 0 atom stereocenters. The summed E-state index contributed by atoms with van der Waals surface area (Å²) in [6.07, 6.45) is 0. The van der Waals surface area contributed by atoms with Crippen LogP contribution in [0.4, 0.5) is 0 Å². The number of rotatable bonds is 3. The monoisotopic (exact) mass is 288 g/mol. The maximum atomic E-state index is 5.97. The van der Waals surface area contributed by atoms with Crippen molar-refractivity contribution in [3.05, 3.63) is 44.6 Å². The van der Waals surface area contributed by atoms with Gasteiger partial charge >= 0.3 is 0 Å². The van der Waals surface area contributed by atoms with Gasteiger partial charge in [0.2, 0.25) is 0 Å². The average Bonchev–Trinajstić information content (AvgIpc) is 2.64. The van der Waals surface area contributed by atoms with Crippen LogP contribution in [-0.2, 0) is 11.3 Å². The lowest BCUT2D eigenvalue weighted by molar-refractivity contribution is 0.181. The third-order valence-corrected chi connectivity index (χ3v) is 3.27. The minimum absolute atomic E-state index is 0.484. The smallest absolute Gasteiger partial charge is 0.128 e. The third-order valence-electron chi connectivity index (χ3n) is 2.23. The number of aromatic amines is 1. The maximum absolute atomic E-state index is 5.97. The quantitative estimate of drug-likeness (QED) is 0.866. The first kappa shape index (κ1) is 12.6. The number of aromatic nitrogens is 2. The summed E-state index contributed by atoms with van der Waals surface area (Å²) < 4.78 is 7.46. The maximum Gasteiger partial charge on any atom is 0.128 e. The van der Waals surface area contributed by atoms with Gasteiger partial charge in [-0.1, -0.05) is 35.4 Å². The fourth-order valence-corrected chi connectivity index (χ4v) is 2.08. The standard InChI is InChI=1S/C11H10Cl2N2OS/c1-16-6-7-4-11(17)15(14-7)8-2-3-9(12)10(13)5-8/h2-5,14H,6H2,1H3. The highest BCUT2D eigenvalue weighted by atomic mass is 35.5. The summed E-state index contributed by atoms with van der Waals surface area (Å²) in [5, 5.41) is 4.14. The molecule has 2 aromatic rings. The van der Waals surface area contributed by atoms with Crippen LogP contribution in [0.25, 0.3) is 5.69 Å². The SMILES string of the molecule is COCc1cc(=S)n(-c2ccc(Cl)c(Cl)c2)[nH]1. The summed E-state index contributed by atoms with van der Waals surface area (Å²) in [5.74, 6) is 0. The zero-order valence-corrected chi connectivity index (χ0v) is 11.4. The number of ether oxygens (including phenoxy) is 1. The van der Waals surface area contributed by atoms with E-state index < -0.39 is 0 Å². The first-order valence-corrected chi connectivity index (χ1v) is 6.03. The number of halogens is 2. The van der Waals surface area contributed by atoms with E-state index >= 15 is 0 Å². The van der Waals surface area contributed by atoms with Gasteiger partial charge in [-0.15, -0.1) is 0 Å². The van der Waals surface area contributed by atoms with E-state index in [4.69, 9.17) is 40.2 Å². The summed E-state index contributed by atoms with van der Waals surface area (Å²) in [6.45, 7) is 0.484. The minimum atomic E-state index is 0.484. The van der Waals surface area contributed by atoms with E-state index in [1.807, 2.05) is 12.1 Å². The number of hydrogen-bond donors (Lipinski definition) is 1. The third kappa shape index (κ3) is 2.72. The van der Waals surface area contributed by atoms with Crippen molar-refractivity contribution < 1.29 is 4.74 Å². The molecule has 0 spiro atoms. The molecule has 0 fully saturated rings. The lowest BCUT2D eigenvalue weighted by Gasteiger charge is -2.04. The lowest BCUT2D eigenvalue weighted by Crippen LogP contribution is -1.98. The first-order chi connectivity index (χ1) is 8.11. The molecule has 0 aliphatic rings. The second-order valence-electron chi connectivity index (χ2n) is 3.49. The lowest BCUT2D eigenvalue weighted by atomic mass is 10.3. The molecule has 0 aliphatic heterocycles. The Balaban J connectivity index is 2.45. The minimum Gasteiger partial charge on any atom is -0.378 e. The van der Waals surface area contributed by atoms with E-state index in [2.05, 4.69) is 5.10 Å². The molecule has 2 rings (SSSR count). The molecule has 3 nitrogen and oxygen atoms in total. The van der Waals surface area contributed by atoms with Crippen LogP contribution >= 0.6 is 35.4 Å². The van der Waals surface area contributed by atoms with Crippen LogP contribution in [0.15, 0.2) is 24.3 Å². The summed E-state index contributed by atoms with van der Waals surface area (Å²) >= 11 is 17.1. The van der Waals surface area contributed by atoms with Gasteiger partial charge in [-0.25, -0.2) is 4.68 Å². The van der Waals surface area contributed by atoms with Gasteiger partial charge < -0.3 is 4.74 Å². The van der Waals surface area contributed by atoms with Gasteiger partial charge in [0.25, 0.3) is 0 Å². The van der Waals surface area contributed by atoms with Gasteiger partial charge in [-0.05, 0) is 24.3 Å². The van der Waals surface area contributed by atoms with Crippen LogP contribution < -0.4 is 0 Å². The van der Waals surface area contributed by atoms with Gasteiger partial charge in [-0.3, -0.25) is 5.10 Å². The van der Waals surface area contributed by atoms with Crippen LogP contribution in [-0.4, -0.2) is 16.9 Å². The van der Waals surface area contributed by atoms with Gasteiger partial charge in [0.1, 0.15) is 4.64 Å². The van der Waals surface area contributed by atoms with Crippen LogP contribution in [0, 0.1) is 4.64 Å². The van der Waals surface area contributed by atoms with Gasteiger partial charge in [0, 0.05) is 7.11 Å². The van der Waals surface area contributed by atoms with E-state index in [0.29, 0.717) is 21.3 Å². The van der Waals surface area contributed by atoms with E-state index in [9.17, 15) is 0 Å². The Morgan fingerprint density at radius 1 is 1.29 bits per heavy atom. The number of methoxy groups -OCH3 is 1. The molecular weight excluding hydrogens is 279 g/mol. The Bertz CT molecular complexity index is 591. The number of hydrogen-bond acceptors (Lipinski definition) is 2. The molecule has 1 aromatic carbocycles. The molecule has 0 saturated heterocycles. The summed E-state index contributed by atoms with van der Waals surface area (Å²) in [6, 6.07) is 7.18. The van der Waals surface area contributed by atoms with Crippen LogP contribution in [0.2, 0.25) is 10.0 Å². The Hall–Kier alpha value is -0.810. The molecule has 0 amide bonds. The summed E-state index contributed by atoms with van der Waals surface area (Å²) in [5.41, 5.74) is 1.75. The summed E-state index contributed by atoms with van der Waals surface area (Å²) in [4.78, 5) is 0. The van der Waals surface area contributed by atoms with Crippen molar-refractivity contribution in [2.24, 2.45) is 0 Å². The predicted octanol–water partition coefficient (Wildman–Crippen LogP) is 3.99. The molecule has 0 bridgehead atoms. The highest BCUT2D eigenvalue weighted by Gasteiger charge is 2.05. The molecule has 90 valence electrons. The largest absolute Gasteiger partial charge is 0.378 e. The molecule has 0 saturated carbocycles. The highest BCUT2D eigenvalue weighted by Crippen LogP contribution is 2.24. The van der Waals surface area contributed by atoms with Crippen LogP contribution in [0.5, 0.6) is 0 Å². The van der Waals surface area contributed by atoms with E-state index in [0.717, 1.165) is 11.4 Å². The zero-order chi connectivity index (χ0) is 12.4. The van der Waals surface area contributed by atoms with Crippen LogP contribution in [0.1, 0.15) is 5.69 Å². The summed E-state index contributed by atoms with van der Waals surface area (Å²) in [7, 11) is 1.63. The number of nitrogens with one attached hydrogen (secondary N) is 1. The second kappa shape index (κ2) is 5.23. The van der Waals surface area contributed by atoms with Crippen molar-refractivity contribution in [1.82, 2.24) is 9.78 Å². The van der Waals surface area contributed by atoms with Crippen molar-refractivity contribution in [1.29, 1.82) is 0 Å². The Morgan fingerprint density at radius 2 is 2.06 bits per heavy atom. The van der Waals surface area contributed by atoms with Crippen molar-refractivity contribution in [2.45, 2.75) is 6.61 Å². The van der Waals surface area contributed by atoms with E-state index in [-0.39, 0.29) is 0 Å². The average molecular weight is 289 g/mol. The number of benzene rings is 1. The normalized spacial score (nSPS) is 10.8. The molecule has 6 heteroatoms. The Labute approximate surface area is 114 Å². The van der Waals surface area contributed by atoms with E-state index in [1.165, 1.54) is 0 Å². The molecule has 17 heavy (non-hydrogen) atoms. The van der Waals surface area contributed by atoms with Crippen molar-refractivity contribution >= 4 is 35.4 Å². The van der Waals surface area contributed by atoms with Gasteiger partial charge in [0.15, 0.2) is 0 Å². The predicted molar refractivity (Wildman–Crippen MR) is 71.7 cm³/mol. The fourth-order valence-electron chi connectivity index (χ4n) is 1.49. The van der Waals surface area contributed by atoms with E-state index in [1.54, 1.807) is 23.9 Å². The Kier molecular flexibility index (Phi) is 3.89. The molecular formula is C11H10Cl2N2OS. The second-order valence-corrected chi connectivity index (χ2v) is 4.72. The highest BCUT2D eigenvalue weighted by molar-refractivity contribution is 7.71. The Morgan fingerprint density at radius 3 is 2.71 bits per heavy atom. The van der Waals surface area contributed by atoms with Crippen LogP contribution in [0.3, 0.4) is 0 Å². The molecule has 0 aliphatic carbocycles. The zero-order valence-electron chi connectivity index (χ0n) is 9.04. The molecule has 1 N–H and O–H groups in total. The van der Waals surface area contributed by atoms with Gasteiger partial charge in [0.05, 0.1) is 28.0 Å². The topological polar surface area (TPSA) is 29.9 Å². The number of H-pyrrole nitrogens is 1. The van der Waals surface area contributed by atoms with Gasteiger partial charge in [-0.2, -0.15) is 0 Å². The molecule has 1 heterocycles. The van der Waals surface area contributed by atoms with Crippen molar-refractivity contribution in [3.8, 4) is 5.69 Å². The first-order valence-electron chi connectivity index (χ1n) is 4.87. The molecule has 0 radical (unpaired) electrons. The molecule has 0 unspecified atom stereocenters. The van der Waals surface area contributed by atoms with Crippen molar-refractivity contribution in [2.75, 3.05) is 7.11 Å². The fraction of sp³-hybridized carbons (Fsp3) is 0.182. The number of nitrogens with zero attached hydrogens (tertiary/aromatic N) is 1.